The van der Waals surface area contributed by atoms with Crippen LogP contribution in [0.2, 0.25) is 0 Å². The number of hydrogen-bond donors (Lipinski definition) is 1. The third-order valence-corrected chi connectivity index (χ3v) is 5.92. The van der Waals surface area contributed by atoms with Crippen molar-refractivity contribution in [2.75, 3.05) is 5.32 Å². The normalized spacial score (nSPS) is 10.9. The van der Waals surface area contributed by atoms with Crippen LogP contribution in [0.5, 0.6) is 0 Å². The maximum absolute atomic E-state index is 12.6. The van der Waals surface area contributed by atoms with Crippen LogP contribution in [0.25, 0.3) is 0 Å². The summed E-state index contributed by atoms with van der Waals surface area (Å²) in [5, 5.41) is 4.70. The van der Waals surface area contributed by atoms with Crippen LogP contribution in [-0.2, 0) is 0 Å². The highest BCUT2D eigenvalue weighted by Crippen LogP contribution is 2.31. The maximum atomic E-state index is 12.6. The van der Waals surface area contributed by atoms with Gasteiger partial charge in [0.15, 0.2) is 4.34 Å². The van der Waals surface area contributed by atoms with Crippen LogP contribution in [0.1, 0.15) is 16.1 Å². The second kappa shape index (κ2) is 8.61. The second-order valence-electron chi connectivity index (χ2n) is 5.07. The van der Waals surface area contributed by atoms with Crippen molar-refractivity contribution in [3.63, 3.8) is 0 Å². The van der Waals surface area contributed by atoms with E-state index in [0.717, 1.165) is 14.9 Å². The smallest absolute Gasteiger partial charge is 0.290 e. The van der Waals surface area contributed by atoms with Crippen molar-refractivity contribution in [2.45, 2.75) is 26.9 Å². The van der Waals surface area contributed by atoms with Crippen LogP contribution in [-0.4, -0.2) is 21.6 Å². The van der Waals surface area contributed by atoms with E-state index in [2.05, 4.69) is 15.3 Å². The summed E-state index contributed by atoms with van der Waals surface area (Å²) in [4.78, 5) is 21.6. The lowest BCUT2D eigenvalue weighted by Crippen LogP contribution is -2.13. The first-order valence-electron chi connectivity index (χ1n) is 7.42. The third kappa shape index (κ3) is 5.03. The Kier molecular flexibility index (Phi) is 6.23. The van der Waals surface area contributed by atoms with Gasteiger partial charge in [0.2, 0.25) is 0 Å². The number of rotatable bonds is 6. The van der Waals surface area contributed by atoms with E-state index >= 15 is 0 Å². The van der Waals surface area contributed by atoms with Crippen LogP contribution < -0.4 is 5.32 Å². The van der Waals surface area contributed by atoms with E-state index in [0.29, 0.717) is 5.69 Å². The number of aryl methyl sites for hydroxylation is 1. The summed E-state index contributed by atoms with van der Waals surface area (Å²) in [5.41, 5.74) is 1.68. The van der Waals surface area contributed by atoms with Crippen molar-refractivity contribution in [3.05, 3.63) is 59.2 Å². The van der Waals surface area contributed by atoms with Crippen molar-refractivity contribution in [1.82, 2.24) is 9.97 Å². The minimum Gasteiger partial charge on any atom is -0.322 e. The van der Waals surface area contributed by atoms with Crippen LogP contribution in [0.15, 0.2) is 62.2 Å². The molecule has 1 amide bonds. The molecule has 3 aromatic rings. The Hall–Kier alpha value is -1.97. The van der Waals surface area contributed by atoms with Crippen LogP contribution in [0.3, 0.4) is 0 Å². The third-order valence-electron chi connectivity index (χ3n) is 3.13. The molecule has 3 rings (SSSR count). The summed E-state index contributed by atoms with van der Waals surface area (Å²) in [6.45, 7) is 1.94. The summed E-state index contributed by atoms with van der Waals surface area (Å²) in [5.74, 6) is -3.11. The van der Waals surface area contributed by atoms with Gasteiger partial charge in [0.25, 0.3) is 11.7 Å². The Balaban J connectivity index is 1.68. The fraction of sp³-hybridized carbons (Fsp3) is 0.118. The quantitative estimate of drug-likeness (QED) is 0.540. The van der Waals surface area contributed by atoms with Gasteiger partial charge in [-0.15, -0.1) is 11.3 Å². The zero-order valence-corrected chi connectivity index (χ0v) is 15.9. The number of carbonyl (C=O) groups is 1. The van der Waals surface area contributed by atoms with E-state index in [4.69, 9.17) is 0 Å². The Labute approximate surface area is 161 Å². The predicted octanol–water partition coefficient (Wildman–Crippen LogP) is 5.56. The SMILES string of the molecule is Cc1csc(Sc2ccc(NC(=O)c3cccnc3SC(F)F)cc2)n1. The standard InChI is InChI=1S/C17H13F2N3OS3/c1-10-9-24-17(21-10)25-12-6-4-11(5-7-12)22-14(23)13-3-2-8-20-15(13)26-16(18)19/h2-9,16H,1H3,(H,22,23). The number of benzene rings is 1. The molecule has 1 N–H and O–H groups in total. The highest BCUT2D eigenvalue weighted by molar-refractivity contribution is 8.01. The van der Waals surface area contributed by atoms with Gasteiger partial charge in [0, 0.05) is 27.9 Å². The average molecular weight is 410 g/mol. The Bertz CT molecular complexity index is 900. The van der Waals surface area contributed by atoms with Crippen LogP contribution >= 0.6 is 34.9 Å². The molecule has 2 heterocycles. The van der Waals surface area contributed by atoms with E-state index in [-0.39, 0.29) is 22.4 Å². The summed E-state index contributed by atoms with van der Waals surface area (Å²) in [6, 6.07) is 10.3. The van der Waals surface area contributed by atoms with Crippen LogP contribution in [0, 0.1) is 6.92 Å². The Morgan fingerprint density at radius 2 is 2.00 bits per heavy atom. The first-order chi connectivity index (χ1) is 12.5. The molecule has 4 nitrogen and oxygen atoms in total. The average Bonchev–Trinajstić information content (AvgIpc) is 3.01. The molecule has 26 heavy (non-hydrogen) atoms. The van der Waals surface area contributed by atoms with E-state index in [1.54, 1.807) is 29.5 Å². The lowest BCUT2D eigenvalue weighted by atomic mass is 10.2. The van der Waals surface area contributed by atoms with Gasteiger partial charge in [-0.25, -0.2) is 9.97 Å². The molecule has 9 heteroatoms. The molecule has 134 valence electrons. The molecule has 0 saturated carbocycles. The lowest BCUT2D eigenvalue weighted by molar-refractivity contribution is 0.102. The van der Waals surface area contributed by atoms with Crippen molar-refractivity contribution in [3.8, 4) is 0 Å². The van der Waals surface area contributed by atoms with Gasteiger partial charge in [0.1, 0.15) is 5.03 Å². The topological polar surface area (TPSA) is 54.9 Å². The van der Waals surface area contributed by atoms with Crippen molar-refractivity contribution < 1.29 is 13.6 Å². The summed E-state index contributed by atoms with van der Waals surface area (Å²) in [6.07, 6.45) is 1.38. The Morgan fingerprint density at radius 3 is 2.65 bits per heavy atom. The number of aromatic nitrogens is 2. The van der Waals surface area contributed by atoms with Gasteiger partial charge in [-0.05, 0) is 55.1 Å². The van der Waals surface area contributed by atoms with E-state index < -0.39 is 11.7 Å². The minimum atomic E-state index is -2.64. The number of alkyl halides is 2. The lowest BCUT2D eigenvalue weighted by Gasteiger charge is -2.09. The van der Waals surface area contributed by atoms with Gasteiger partial charge in [-0.2, -0.15) is 8.78 Å². The first kappa shape index (κ1) is 18.8. The van der Waals surface area contributed by atoms with Gasteiger partial charge in [-0.3, -0.25) is 4.79 Å². The molecule has 0 fully saturated rings. The molecule has 0 radical (unpaired) electrons. The summed E-state index contributed by atoms with van der Waals surface area (Å²) < 4.78 is 26.1. The number of amides is 1. The number of thiazole rings is 1. The number of halogens is 2. The predicted molar refractivity (Wildman–Crippen MR) is 101 cm³/mol. The number of thioether (sulfide) groups is 1. The monoisotopic (exact) mass is 409 g/mol. The molecule has 0 aliphatic carbocycles. The van der Waals surface area contributed by atoms with E-state index in [1.165, 1.54) is 24.0 Å². The fourth-order valence-electron chi connectivity index (χ4n) is 2.03. The number of pyridine rings is 1. The molecule has 2 aromatic heterocycles. The van der Waals surface area contributed by atoms with Gasteiger partial charge >= 0.3 is 0 Å². The second-order valence-corrected chi connectivity index (χ2v) is 8.23. The number of nitrogens with zero attached hydrogens (tertiary/aromatic N) is 2. The van der Waals surface area contributed by atoms with Gasteiger partial charge in [-0.1, -0.05) is 11.8 Å². The highest BCUT2D eigenvalue weighted by Gasteiger charge is 2.16. The van der Waals surface area contributed by atoms with Crippen molar-refractivity contribution in [1.29, 1.82) is 0 Å². The molecular formula is C17H13F2N3OS3. The molecule has 0 aliphatic heterocycles. The van der Waals surface area contributed by atoms with E-state index in [9.17, 15) is 13.6 Å². The van der Waals surface area contributed by atoms with Crippen molar-refractivity contribution in [2.24, 2.45) is 0 Å². The largest absolute Gasteiger partial charge is 0.322 e. The molecule has 1 aromatic carbocycles. The number of hydrogen-bond acceptors (Lipinski definition) is 6. The zero-order valence-electron chi connectivity index (χ0n) is 13.5. The molecule has 0 unspecified atom stereocenters. The first-order valence-corrected chi connectivity index (χ1v) is 10.00. The molecule has 0 aliphatic rings. The zero-order chi connectivity index (χ0) is 18.5. The van der Waals surface area contributed by atoms with Gasteiger partial charge in [0.05, 0.1) is 5.56 Å². The van der Waals surface area contributed by atoms with Gasteiger partial charge < -0.3 is 5.32 Å². The number of nitrogens with one attached hydrogen (secondary N) is 1. The molecular weight excluding hydrogens is 396 g/mol. The minimum absolute atomic E-state index is 0.00585. The van der Waals surface area contributed by atoms with E-state index in [1.807, 2.05) is 24.4 Å². The molecule has 0 atom stereocenters. The van der Waals surface area contributed by atoms with Crippen LogP contribution in [0.4, 0.5) is 14.5 Å². The summed E-state index contributed by atoms with van der Waals surface area (Å²) >= 11 is 3.37. The summed E-state index contributed by atoms with van der Waals surface area (Å²) in [7, 11) is 0. The molecule has 0 saturated heterocycles. The maximum Gasteiger partial charge on any atom is 0.290 e. The van der Waals surface area contributed by atoms with Crippen molar-refractivity contribution >= 4 is 46.5 Å². The Morgan fingerprint density at radius 1 is 1.23 bits per heavy atom. The fourth-order valence-corrected chi connectivity index (χ4v) is 4.41. The molecule has 0 spiro atoms. The number of carbonyl (C=O) groups excluding carboxylic acids is 1. The molecule has 0 bridgehead atoms. The number of anilines is 1. The highest BCUT2D eigenvalue weighted by atomic mass is 32.2.